The highest BCUT2D eigenvalue weighted by Gasteiger charge is 2.19. The molecule has 0 radical (unpaired) electrons. The molecule has 1 rings (SSSR count). The molecule has 0 aliphatic heterocycles. The topological polar surface area (TPSA) is 28.2 Å². The molecule has 0 unspecified atom stereocenters. The molecule has 1 aromatic rings. The molecule has 74 valence electrons. The third-order valence-corrected chi connectivity index (χ3v) is 3.05. The molecular formula is C9H17N3S. The van der Waals surface area contributed by atoms with E-state index in [1.54, 1.807) is 11.3 Å². The molecule has 0 saturated heterocycles. The van der Waals surface area contributed by atoms with Crippen LogP contribution in [0.2, 0.25) is 0 Å². The Balaban J connectivity index is 2.42. The van der Waals surface area contributed by atoms with Gasteiger partial charge in [-0.1, -0.05) is 0 Å². The summed E-state index contributed by atoms with van der Waals surface area (Å²) in [5.74, 6) is 0. The van der Waals surface area contributed by atoms with E-state index in [2.05, 4.69) is 43.1 Å². The molecule has 1 heterocycles. The molecule has 0 aromatic carbocycles. The van der Waals surface area contributed by atoms with Gasteiger partial charge in [0.15, 0.2) is 5.13 Å². The zero-order chi connectivity index (χ0) is 9.90. The van der Waals surface area contributed by atoms with Gasteiger partial charge in [-0.3, -0.25) is 0 Å². The summed E-state index contributed by atoms with van der Waals surface area (Å²) in [4.78, 5) is 6.37. The van der Waals surface area contributed by atoms with Crippen LogP contribution in [-0.2, 0) is 0 Å². The molecule has 1 aromatic heterocycles. The summed E-state index contributed by atoms with van der Waals surface area (Å²) in [6.45, 7) is 5.31. The zero-order valence-corrected chi connectivity index (χ0v) is 9.48. The predicted octanol–water partition coefficient (Wildman–Crippen LogP) is 1.90. The molecule has 1 N–H and O–H groups in total. The van der Waals surface area contributed by atoms with E-state index >= 15 is 0 Å². The summed E-state index contributed by atoms with van der Waals surface area (Å²) in [5, 5.41) is 6.28. The van der Waals surface area contributed by atoms with Crippen molar-refractivity contribution in [2.75, 3.05) is 26.0 Å². The van der Waals surface area contributed by atoms with Crippen molar-refractivity contribution in [2.24, 2.45) is 0 Å². The van der Waals surface area contributed by atoms with E-state index in [0.717, 1.165) is 11.7 Å². The van der Waals surface area contributed by atoms with Gasteiger partial charge in [-0.05, 0) is 27.9 Å². The largest absolute Gasteiger partial charge is 0.360 e. The molecule has 0 bridgehead atoms. The molecule has 0 spiro atoms. The minimum Gasteiger partial charge on any atom is -0.360 e. The lowest BCUT2D eigenvalue weighted by molar-refractivity contribution is 0.210. The first-order chi connectivity index (χ1) is 6.02. The van der Waals surface area contributed by atoms with Crippen LogP contribution in [0.3, 0.4) is 0 Å². The van der Waals surface area contributed by atoms with Crippen molar-refractivity contribution < 1.29 is 0 Å². The number of hydrogen-bond acceptors (Lipinski definition) is 4. The third-order valence-electron chi connectivity index (χ3n) is 2.32. The van der Waals surface area contributed by atoms with Crippen molar-refractivity contribution in [3.8, 4) is 0 Å². The molecule has 0 saturated carbocycles. The van der Waals surface area contributed by atoms with Gasteiger partial charge in [0.05, 0.1) is 0 Å². The first-order valence-electron chi connectivity index (χ1n) is 4.33. The van der Waals surface area contributed by atoms with E-state index in [-0.39, 0.29) is 5.54 Å². The molecule has 0 fully saturated rings. The maximum atomic E-state index is 4.17. The third kappa shape index (κ3) is 2.97. The average Bonchev–Trinajstić information content (AvgIpc) is 2.52. The summed E-state index contributed by atoms with van der Waals surface area (Å²) >= 11 is 1.63. The van der Waals surface area contributed by atoms with Gasteiger partial charge in [-0.25, -0.2) is 4.98 Å². The summed E-state index contributed by atoms with van der Waals surface area (Å²) in [7, 11) is 4.17. The van der Waals surface area contributed by atoms with E-state index in [1.807, 2.05) is 11.6 Å². The van der Waals surface area contributed by atoms with Crippen LogP contribution in [-0.4, -0.2) is 36.1 Å². The molecule has 13 heavy (non-hydrogen) atoms. The number of hydrogen-bond donors (Lipinski definition) is 1. The Kier molecular flexibility index (Phi) is 3.27. The fraction of sp³-hybridized carbons (Fsp3) is 0.667. The van der Waals surface area contributed by atoms with Crippen LogP contribution < -0.4 is 5.32 Å². The minimum atomic E-state index is 0.158. The number of nitrogens with one attached hydrogen (secondary N) is 1. The molecule has 0 atom stereocenters. The maximum absolute atomic E-state index is 4.17. The van der Waals surface area contributed by atoms with E-state index < -0.39 is 0 Å². The van der Waals surface area contributed by atoms with Crippen molar-refractivity contribution in [2.45, 2.75) is 19.4 Å². The fourth-order valence-electron chi connectivity index (χ4n) is 0.761. The van der Waals surface area contributed by atoms with E-state index in [9.17, 15) is 0 Å². The van der Waals surface area contributed by atoms with Gasteiger partial charge in [0.25, 0.3) is 0 Å². The minimum absolute atomic E-state index is 0.158. The highest BCUT2D eigenvalue weighted by atomic mass is 32.1. The van der Waals surface area contributed by atoms with Gasteiger partial charge in [0.1, 0.15) is 0 Å². The number of aromatic nitrogens is 1. The highest BCUT2D eigenvalue weighted by Crippen LogP contribution is 2.14. The van der Waals surface area contributed by atoms with Crippen molar-refractivity contribution in [1.29, 1.82) is 0 Å². The fourth-order valence-corrected chi connectivity index (χ4v) is 1.29. The number of nitrogens with zero attached hydrogens (tertiary/aromatic N) is 2. The van der Waals surface area contributed by atoms with Crippen LogP contribution in [0, 0.1) is 0 Å². The van der Waals surface area contributed by atoms with Crippen LogP contribution in [0.4, 0.5) is 5.13 Å². The second kappa shape index (κ2) is 4.07. The Labute approximate surface area is 83.8 Å². The van der Waals surface area contributed by atoms with E-state index in [1.165, 1.54) is 0 Å². The smallest absolute Gasteiger partial charge is 0.182 e. The van der Waals surface area contributed by atoms with Crippen LogP contribution in [0.5, 0.6) is 0 Å². The second-order valence-corrected chi connectivity index (χ2v) is 4.79. The van der Waals surface area contributed by atoms with Crippen molar-refractivity contribution in [3.63, 3.8) is 0 Å². The maximum Gasteiger partial charge on any atom is 0.182 e. The first kappa shape index (κ1) is 10.5. The van der Waals surface area contributed by atoms with Gasteiger partial charge in [0, 0.05) is 23.7 Å². The Morgan fingerprint density at radius 3 is 2.69 bits per heavy atom. The Bertz CT molecular complexity index is 241. The highest BCUT2D eigenvalue weighted by molar-refractivity contribution is 7.13. The van der Waals surface area contributed by atoms with Crippen LogP contribution in [0.25, 0.3) is 0 Å². The molecule has 0 amide bonds. The van der Waals surface area contributed by atoms with Crippen LogP contribution in [0.15, 0.2) is 11.6 Å². The number of thiazole rings is 1. The monoisotopic (exact) mass is 199 g/mol. The average molecular weight is 199 g/mol. The summed E-state index contributed by atoms with van der Waals surface area (Å²) < 4.78 is 0. The van der Waals surface area contributed by atoms with Crippen molar-refractivity contribution in [3.05, 3.63) is 11.6 Å². The van der Waals surface area contributed by atoms with Gasteiger partial charge in [-0.15, -0.1) is 11.3 Å². The Hall–Kier alpha value is -0.610. The zero-order valence-electron chi connectivity index (χ0n) is 8.66. The van der Waals surface area contributed by atoms with Gasteiger partial charge >= 0.3 is 0 Å². The molecule has 0 aliphatic carbocycles. The first-order valence-corrected chi connectivity index (χ1v) is 5.21. The van der Waals surface area contributed by atoms with Crippen LogP contribution in [0.1, 0.15) is 13.8 Å². The van der Waals surface area contributed by atoms with Gasteiger partial charge in [0.2, 0.25) is 0 Å². The lowest BCUT2D eigenvalue weighted by atomic mass is 10.1. The standard InChI is InChI=1S/C9H17N3S/c1-9(2,12(3)4)7-11-8-10-5-6-13-8/h5-6H,7H2,1-4H3,(H,10,11). The van der Waals surface area contributed by atoms with Crippen molar-refractivity contribution >= 4 is 16.5 Å². The van der Waals surface area contributed by atoms with Gasteiger partial charge < -0.3 is 10.2 Å². The quantitative estimate of drug-likeness (QED) is 0.802. The SMILES string of the molecule is CN(C)C(C)(C)CNc1nccs1. The van der Waals surface area contributed by atoms with Crippen molar-refractivity contribution in [1.82, 2.24) is 9.88 Å². The Morgan fingerprint density at radius 2 is 2.23 bits per heavy atom. The molecular weight excluding hydrogens is 182 g/mol. The van der Waals surface area contributed by atoms with Gasteiger partial charge in [-0.2, -0.15) is 0 Å². The number of rotatable bonds is 4. The molecule has 4 heteroatoms. The lowest BCUT2D eigenvalue weighted by Crippen LogP contribution is -2.44. The number of anilines is 1. The Morgan fingerprint density at radius 1 is 1.54 bits per heavy atom. The summed E-state index contributed by atoms with van der Waals surface area (Å²) in [5.41, 5.74) is 0.158. The predicted molar refractivity (Wildman–Crippen MR) is 58.4 cm³/mol. The molecule has 3 nitrogen and oxygen atoms in total. The van der Waals surface area contributed by atoms with E-state index in [0.29, 0.717) is 0 Å². The van der Waals surface area contributed by atoms with E-state index in [4.69, 9.17) is 0 Å². The normalized spacial score (nSPS) is 12.1. The summed E-state index contributed by atoms with van der Waals surface area (Å²) in [6.07, 6.45) is 1.82. The summed E-state index contributed by atoms with van der Waals surface area (Å²) in [6, 6.07) is 0. The molecule has 0 aliphatic rings. The number of likely N-dealkylation sites (N-methyl/N-ethyl adjacent to an activating group) is 1. The second-order valence-electron chi connectivity index (χ2n) is 3.90. The lowest BCUT2D eigenvalue weighted by Gasteiger charge is -2.32. The van der Waals surface area contributed by atoms with Crippen LogP contribution >= 0.6 is 11.3 Å².